The van der Waals surface area contributed by atoms with Crippen molar-refractivity contribution in [1.29, 1.82) is 0 Å². The van der Waals surface area contributed by atoms with E-state index in [1.807, 2.05) is 18.3 Å². The molecule has 0 spiro atoms. The van der Waals surface area contributed by atoms with Gasteiger partial charge in [-0.15, -0.1) is 53.6 Å². The summed E-state index contributed by atoms with van der Waals surface area (Å²) < 4.78 is 9.02. The van der Waals surface area contributed by atoms with Crippen molar-refractivity contribution < 1.29 is 25.8 Å². The molecular weight excluding hydrogens is 928 g/mol. The summed E-state index contributed by atoms with van der Waals surface area (Å²) in [5.74, 6) is 2.04. The molecule has 0 fully saturated rings. The standard InChI is InChI=1S/C55H51N4O.Pt/c1-53(2,3)41-20-15-21-44(32-41)57-28-29-58(37-57)45-30-39(38-16-11-9-12-17-38)31-47(35-45)60-46-23-24-48-49-33-43(55(7,8)40-18-13-10-14-19-40)22-25-50(49)59(51(48)36-46)52-34-42(26-27-56-52)54(4,5)6;/h9-34,37H,1-8H3;/q-3;. The number of aromatic nitrogens is 2. The van der Waals surface area contributed by atoms with Crippen molar-refractivity contribution in [2.75, 3.05) is 9.80 Å². The van der Waals surface area contributed by atoms with Gasteiger partial charge in [-0.1, -0.05) is 146 Å². The van der Waals surface area contributed by atoms with Crippen molar-refractivity contribution in [2.24, 2.45) is 0 Å². The SMILES string of the molecule is CC(C)(C)c1cccc(N2C=CN(c3[c-]c(Oc4[c-]c5c(cc4)c4cc(C(C)(C)c6ccccc6)ccc4n5-c4cc(C(C)(C)C)ccn4)cc(-c4ccccc4)c3)[CH-]2)c1.[Pt]. The van der Waals surface area contributed by atoms with Crippen LogP contribution in [0.1, 0.15) is 77.6 Å². The van der Waals surface area contributed by atoms with Crippen LogP contribution in [-0.4, -0.2) is 9.55 Å². The molecule has 0 saturated heterocycles. The van der Waals surface area contributed by atoms with Gasteiger partial charge >= 0.3 is 0 Å². The fourth-order valence-corrected chi connectivity index (χ4v) is 8.06. The van der Waals surface area contributed by atoms with Crippen LogP contribution in [0, 0.1) is 18.8 Å². The van der Waals surface area contributed by atoms with Crippen molar-refractivity contribution in [1.82, 2.24) is 9.55 Å². The molecule has 2 aromatic heterocycles. The van der Waals surface area contributed by atoms with E-state index in [9.17, 15) is 0 Å². The molecule has 0 amide bonds. The monoisotopic (exact) mass is 978 g/mol. The molecule has 61 heavy (non-hydrogen) atoms. The van der Waals surface area contributed by atoms with Crippen molar-refractivity contribution in [3.8, 4) is 28.4 Å². The molecule has 0 atom stereocenters. The Bertz CT molecular complexity index is 2880. The van der Waals surface area contributed by atoms with E-state index in [4.69, 9.17) is 9.72 Å². The second-order valence-electron chi connectivity index (χ2n) is 18.4. The zero-order chi connectivity index (χ0) is 41.8. The summed E-state index contributed by atoms with van der Waals surface area (Å²) in [6, 6.07) is 56.7. The van der Waals surface area contributed by atoms with Crippen LogP contribution in [-0.2, 0) is 37.3 Å². The molecule has 9 rings (SSSR count). The van der Waals surface area contributed by atoms with Crippen molar-refractivity contribution in [3.05, 3.63) is 199 Å². The third-order valence-corrected chi connectivity index (χ3v) is 11.8. The van der Waals surface area contributed by atoms with Crippen molar-refractivity contribution in [3.63, 3.8) is 0 Å². The second-order valence-corrected chi connectivity index (χ2v) is 18.4. The normalized spacial score (nSPS) is 13.2. The molecule has 1 aliphatic heterocycles. The van der Waals surface area contributed by atoms with Crippen LogP contribution in [0.3, 0.4) is 0 Å². The Hall–Kier alpha value is -5.90. The van der Waals surface area contributed by atoms with Gasteiger partial charge in [-0.25, -0.2) is 4.98 Å². The van der Waals surface area contributed by atoms with Gasteiger partial charge in [-0.05, 0) is 86.8 Å². The Morgan fingerprint density at radius 3 is 1.97 bits per heavy atom. The summed E-state index contributed by atoms with van der Waals surface area (Å²) >= 11 is 0. The van der Waals surface area contributed by atoms with E-state index in [2.05, 4.69) is 228 Å². The number of ether oxygens (including phenoxy) is 1. The van der Waals surface area contributed by atoms with Gasteiger partial charge in [-0.3, -0.25) is 0 Å². The maximum absolute atomic E-state index is 6.79. The molecule has 0 N–H and O–H groups in total. The summed E-state index contributed by atoms with van der Waals surface area (Å²) in [5, 5.41) is 2.23. The number of hydrogen-bond donors (Lipinski definition) is 0. The van der Waals surface area contributed by atoms with Gasteiger partial charge in [-0.2, -0.15) is 6.07 Å². The first-order valence-corrected chi connectivity index (χ1v) is 20.8. The molecule has 0 radical (unpaired) electrons. The van der Waals surface area contributed by atoms with Crippen LogP contribution < -0.4 is 14.5 Å². The van der Waals surface area contributed by atoms with E-state index in [1.54, 1.807) is 0 Å². The van der Waals surface area contributed by atoms with Crippen LogP contribution >= 0.6 is 0 Å². The average Bonchev–Trinajstić information content (AvgIpc) is 3.87. The van der Waals surface area contributed by atoms with E-state index >= 15 is 0 Å². The molecule has 1 aliphatic rings. The number of nitrogens with zero attached hydrogens (tertiary/aromatic N) is 4. The van der Waals surface area contributed by atoms with Crippen molar-refractivity contribution >= 4 is 33.2 Å². The number of anilines is 2. The van der Waals surface area contributed by atoms with Gasteiger partial charge in [0.2, 0.25) is 0 Å². The van der Waals surface area contributed by atoms with Crippen LogP contribution in [0.2, 0.25) is 0 Å². The third-order valence-electron chi connectivity index (χ3n) is 11.8. The van der Waals surface area contributed by atoms with Gasteiger partial charge in [0, 0.05) is 55.4 Å². The first kappa shape index (κ1) is 41.8. The largest absolute Gasteiger partial charge is 0.509 e. The molecule has 310 valence electrons. The maximum atomic E-state index is 6.79. The maximum Gasteiger partial charge on any atom is 0.135 e. The topological polar surface area (TPSA) is 33.5 Å². The Kier molecular flexibility index (Phi) is 11.1. The first-order chi connectivity index (χ1) is 28.7. The molecule has 0 bridgehead atoms. The third kappa shape index (κ3) is 8.29. The van der Waals surface area contributed by atoms with E-state index < -0.39 is 0 Å². The molecule has 0 unspecified atom stereocenters. The fourth-order valence-electron chi connectivity index (χ4n) is 8.06. The molecule has 8 aromatic rings. The molecule has 6 aromatic carbocycles. The van der Waals surface area contributed by atoms with Gasteiger partial charge in [0.15, 0.2) is 0 Å². The number of benzene rings is 6. The van der Waals surface area contributed by atoms with Crippen LogP contribution in [0.25, 0.3) is 38.8 Å². The summed E-state index contributed by atoms with van der Waals surface area (Å²) in [5.41, 5.74) is 10.9. The zero-order valence-corrected chi connectivity index (χ0v) is 38.4. The van der Waals surface area contributed by atoms with Gasteiger partial charge in [0.25, 0.3) is 0 Å². The van der Waals surface area contributed by atoms with E-state index in [1.165, 1.54) is 22.3 Å². The Morgan fingerprint density at radius 2 is 1.23 bits per heavy atom. The number of rotatable bonds is 8. The predicted molar refractivity (Wildman–Crippen MR) is 249 cm³/mol. The number of pyridine rings is 1. The summed E-state index contributed by atoms with van der Waals surface area (Å²) in [4.78, 5) is 9.19. The molecular formula is C55H51N4OPt-3. The zero-order valence-electron chi connectivity index (χ0n) is 36.1. The first-order valence-electron chi connectivity index (χ1n) is 20.8. The average molecular weight is 979 g/mol. The minimum atomic E-state index is -0.201. The Labute approximate surface area is 375 Å². The smallest absolute Gasteiger partial charge is 0.135 e. The van der Waals surface area contributed by atoms with E-state index in [-0.39, 0.29) is 37.3 Å². The quantitative estimate of drug-likeness (QED) is 0.142. The van der Waals surface area contributed by atoms with E-state index in [0.717, 1.165) is 50.1 Å². The van der Waals surface area contributed by atoms with Gasteiger partial charge < -0.3 is 19.1 Å². The second kappa shape index (κ2) is 16.2. The molecule has 0 aliphatic carbocycles. The van der Waals surface area contributed by atoms with Crippen LogP contribution in [0.4, 0.5) is 11.4 Å². The Morgan fingerprint density at radius 1 is 0.541 bits per heavy atom. The van der Waals surface area contributed by atoms with Crippen LogP contribution in [0.15, 0.2) is 158 Å². The molecule has 6 heteroatoms. The minimum absolute atomic E-state index is 0. The number of hydrogen-bond acceptors (Lipinski definition) is 4. The van der Waals surface area contributed by atoms with Crippen LogP contribution in [0.5, 0.6) is 11.5 Å². The molecule has 0 saturated carbocycles. The van der Waals surface area contributed by atoms with E-state index in [0.29, 0.717) is 11.5 Å². The summed E-state index contributed by atoms with van der Waals surface area (Å²) in [6.45, 7) is 20.1. The van der Waals surface area contributed by atoms with Gasteiger partial charge in [0.05, 0.1) is 0 Å². The van der Waals surface area contributed by atoms with Crippen molar-refractivity contribution in [2.45, 2.75) is 71.6 Å². The Balaban J connectivity index is 0.00000514. The van der Waals surface area contributed by atoms with Gasteiger partial charge in [0.1, 0.15) is 5.82 Å². The summed E-state index contributed by atoms with van der Waals surface area (Å²) in [6.07, 6.45) is 6.07. The number of fused-ring (bicyclic) bond motifs is 3. The minimum Gasteiger partial charge on any atom is -0.509 e. The molecule has 5 nitrogen and oxygen atoms in total. The summed E-state index contributed by atoms with van der Waals surface area (Å²) in [7, 11) is 0. The molecule has 3 heterocycles. The predicted octanol–water partition coefficient (Wildman–Crippen LogP) is 14.1. The fraction of sp³-hybridized carbons (Fsp3) is 0.200.